The number of quaternary nitrogens is 1. The molecule has 0 aliphatic heterocycles. The van der Waals surface area contributed by atoms with Crippen molar-refractivity contribution in [2.24, 2.45) is 0 Å². The van der Waals surface area contributed by atoms with Gasteiger partial charge in [0, 0.05) is 16.3 Å². The van der Waals surface area contributed by atoms with Gasteiger partial charge >= 0.3 is 0 Å². The van der Waals surface area contributed by atoms with E-state index < -0.39 is 0 Å². The Kier molecular flexibility index (Phi) is 5.99. The summed E-state index contributed by atoms with van der Waals surface area (Å²) in [5.41, 5.74) is 4.38. The van der Waals surface area contributed by atoms with Crippen LogP contribution in [0.2, 0.25) is 5.02 Å². The fourth-order valence-electron chi connectivity index (χ4n) is 2.38. The number of anilines is 1. The molecule has 116 valence electrons. The monoisotopic (exact) mass is 317 g/mol. The van der Waals surface area contributed by atoms with Crippen molar-refractivity contribution in [1.29, 1.82) is 0 Å². The van der Waals surface area contributed by atoms with Crippen molar-refractivity contribution in [3.63, 3.8) is 0 Å². The lowest BCUT2D eigenvalue weighted by molar-refractivity contribution is -0.659. The molecular weight excluding hydrogens is 296 g/mol. The minimum absolute atomic E-state index is 0.0259. The quantitative estimate of drug-likeness (QED) is 0.845. The molecule has 2 aromatic carbocycles. The zero-order valence-electron chi connectivity index (χ0n) is 13.0. The van der Waals surface area contributed by atoms with Crippen LogP contribution < -0.4 is 10.6 Å². The highest BCUT2D eigenvalue weighted by Gasteiger charge is 2.09. The minimum atomic E-state index is 0.0259. The molecular formula is C18H22ClN2O+. The summed E-state index contributed by atoms with van der Waals surface area (Å²) in [6, 6.07) is 13.8. The summed E-state index contributed by atoms with van der Waals surface area (Å²) >= 11 is 5.86. The van der Waals surface area contributed by atoms with Crippen LogP contribution in [0, 0.1) is 6.92 Å². The number of para-hydroxylation sites is 1. The fraction of sp³-hybridized carbons (Fsp3) is 0.278. The second-order valence-electron chi connectivity index (χ2n) is 5.33. The first-order valence-corrected chi connectivity index (χ1v) is 7.92. The fourth-order valence-corrected chi connectivity index (χ4v) is 2.51. The van der Waals surface area contributed by atoms with Crippen molar-refractivity contribution in [3.8, 4) is 0 Å². The molecule has 3 N–H and O–H groups in total. The third-order valence-electron chi connectivity index (χ3n) is 3.63. The maximum atomic E-state index is 12.1. The molecule has 0 fully saturated rings. The highest BCUT2D eigenvalue weighted by Crippen LogP contribution is 2.20. The number of carbonyl (C=O) groups is 1. The van der Waals surface area contributed by atoms with Gasteiger partial charge in [-0.2, -0.15) is 0 Å². The number of nitrogens with one attached hydrogen (secondary N) is 1. The third-order valence-corrected chi connectivity index (χ3v) is 3.88. The van der Waals surface area contributed by atoms with Gasteiger partial charge in [0.05, 0.1) is 0 Å². The van der Waals surface area contributed by atoms with Gasteiger partial charge in [-0.1, -0.05) is 48.9 Å². The van der Waals surface area contributed by atoms with Gasteiger partial charge in [-0.3, -0.25) is 4.79 Å². The summed E-state index contributed by atoms with van der Waals surface area (Å²) in [4.78, 5) is 12.1. The van der Waals surface area contributed by atoms with Gasteiger partial charge in [0.2, 0.25) is 0 Å². The lowest BCUT2D eigenvalue weighted by Gasteiger charge is -2.12. The van der Waals surface area contributed by atoms with Crippen molar-refractivity contribution < 1.29 is 10.1 Å². The molecule has 0 bridgehead atoms. The Morgan fingerprint density at radius 1 is 1.18 bits per heavy atom. The molecule has 0 unspecified atom stereocenters. The van der Waals surface area contributed by atoms with Crippen LogP contribution in [0.15, 0.2) is 42.5 Å². The summed E-state index contributed by atoms with van der Waals surface area (Å²) in [7, 11) is 0. The number of hydrogen-bond acceptors (Lipinski definition) is 1. The van der Waals surface area contributed by atoms with E-state index in [1.54, 1.807) is 0 Å². The number of amides is 1. The number of nitrogens with two attached hydrogens (primary N) is 1. The highest BCUT2D eigenvalue weighted by molar-refractivity contribution is 6.30. The van der Waals surface area contributed by atoms with Crippen LogP contribution in [0.3, 0.4) is 0 Å². The largest absolute Gasteiger partial charge is 0.335 e. The molecule has 2 rings (SSSR count). The van der Waals surface area contributed by atoms with Crippen molar-refractivity contribution in [2.45, 2.75) is 26.8 Å². The molecule has 0 saturated carbocycles. The van der Waals surface area contributed by atoms with E-state index in [-0.39, 0.29) is 5.91 Å². The van der Waals surface area contributed by atoms with E-state index in [1.807, 2.05) is 48.6 Å². The average molecular weight is 318 g/mol. The van der Waals surface area contributed by atoms with Crippen molar-refractivity contribution >= 4 is 23.2 Å². The lowest BCUT2D eigenvalue weighted by atomic mass is 10.1. The highest BCUT2D eigenvalue weighted by atomic mass is 35.5. The number of hydrogen-bond donors (Lipinski definition) is 2. The normalized spacial score (nSPS) is 10.5. The summed E-state index contributed by atoms with van der Waals surface area (Å²) < 4.78 is 0. The van der Waals surface area contributed by atoms with E-state index in [1.165, 1.54) is 5.56 Å². The summed E-state index contributed by atoms with van der Waals surface area (Å²) in [5, 5.41) is 5.75. The van der Waals surface area contributed by atoms with Crippen molar-refractivity contribution in [3.05, 3.63) is 64.2 Å². The Balaban J connectivity index is 1.87. The molecule has 0 heterocycles. The molecule has 0 aliphatic carbocycles. The molecule has 0 aliphatic rings. The predicted octanol–water partition coefficient (Wildman–Crippen LogP) is 2.91. The molecule has 0 atom stereocenters. The Morgan fingerprint density at radius 3 is 2.59 bits per heavy atom. The summed E-state index contributed by atoms with van der Waals surface area (Å²) in [5.74, 6) is 0.0259. The van der Waals surface area contributed by atoms with Crippen molar-refractivity contribution in [1.82, 2.24) is 0 Å². The Morgan fingerprint density at radius 2 is 1.91 bits per heavy atom. The zero-order valence-corrected chi connectivity index (χ0v) is 13.8. The second kappa shape index (κ2) is 7.97. The van der Waals surface area contributed by atoms with Gasteiger partial charge in [0.25, 0.3) is 5.91 Å². The molecule has 0 saturated heterocycles. The van der Waals surface area contributed by atoms with Crippen LogP contribution in [-0.4, -0.2) is 12.5 Å². The predicted molar refractivity (Wildman–Crippen MR) is 91.1 cm³/mol. The third kappa shape index (κ3) is 4.58. The molecule has 2 aromatic rings. The molecule has 0 aromatic heterocycles. The van der Waals surface area contributed by atoms with Crippen LogP contribution in [0.1, 0.15) is 23.6 Å². The Hall–Kier alpha value is -1.84. The van der Waals surface area contributed by atoms with Crippen molar-refractivity contribution in [2.75, 3.05) is 11.9 Å². The maximum absolute atomic E-state index is 12.1. The van der Waals surface area contributed by atoms with Crippen LogP contribution in [-0.2, 0) is 17.8 Å². The number of rotatable bonds is 6. The number of aryl methyl sites for hydroxylation is 2. The molecule has 0 radical (unpaired) electrons. The van der Waals surface area contributed by atoms with Gasteiger partial charge in [0.1, 0.15) is 6.54 Å². The topological polar surface area (TPSA) is 45.7 Å². The average Bonchev–Trinajstić information content (AvgIpc) is 2.51. The van der Waals surface area contributed by atoms with Crippen LogP contribution in [0.4, 0.5) is 5.69 Å². The molecule has 4 heteroatoms. The Bertz CT molecular complexity index is 638. The molecule has 22 heavy (non-hydrogen) atoms. The summed E-state index contributed by atoms with van der Waals surface area (Å²) in [6.45, 7) is 5.28. The second-order valence-corrected chi connectivity index (χ2v) is 5.77. The summed E-state index contributed by atoms with van der Waals surface area (Å²) in [6.07, 6.45) is 0.909. The van der Waals surface area contributed by atoms with Gasteiger partial charge in [-0.15, -0.1) is 0 Å². The van der Waals surface area contributed by atoms with Gasteiger partial charge in [-0.05, 0) is 36.6 Å². The number of carbonyl (C=O) groups excluding carboxylic acids is 1. The van der Waals surface area contributed by atoms with Crippen LogP contribution in [0.5, 0.6) is 0 Å². The Labute approximate surface area is 136 Å². The van der Waals surface area contributed by atoms with E-state index in [9.17, 15) is 4.79 Å². The first kappa shape index (κ1) is 16.5. The van der Waals surface area contributed by atoms with Gasteiger partial charge in [-0.25, -0.2) is 0 Å². The zero-order chi connectivity index (χ0) is 15.9. The van der Waals surface area contributed by atoms with E-state index in [2.05, 4.69) is 18.3 Å². The number of halogens is 1. The maximum Gasteiger partial charge on any atom is 0.279 e. The van der Waals surface area contributed by atoms with Crippen LogP contribution >= 0.6 is 11.6 Å². The molecule has 1 amide bonds. The SMILES string of the molecule is CCc1cccc(C)c1NC(=O)C[NH2+]Cc1ccc(Cl)cc1. The van der Waals surface area contributed by atoms with E-state index in [0.29, 0.717) is 6.54 Å². The first-order valence-electron chi connectivity index (χ1n) is 7.54. The lowest BCUT2D eigenvalue weighted by Crippen LogP contribution is -2.84. The van der Waals surface area contributed by atoms with Crippen LogP contribution in [0.25, 0.3) is 0 Å². The number of benzene rings is 2. The minimum Gasteiger partial charge on any atom is -0.335 e. The van der Waals surface area contributed by atoms with E-state index in [0.717, 1.165) is 34.8 Å². The molecule has 3 nitrogen and oxygen atoms in total. The van der Waals surface area contributed by atoms with Gasteiger partial charge < -0.3 is 10.6 Å². The van der Waals surface area contributed by atoms with E-state index >= 15 is 0 Å². The van der Waals surface area contributed by atoms with Gasteiger partial charge in [0.15, 0.2) is 6.54 Å². The molecule has 0 spiro atoms. The standard InChI is InChI=1S/C18H21ClN2O/c1-3-15-6-4-5-13(2)18(15)21-17(22)12-20-11-14-7-9-16(19)10-8-14/h4-10,20H,3,11-12H2,1-2H3,(H,21,22)/p+1. The smallest absolute Gasteiger partial charge is 0.279 e. The van der Waals surface area contributed by atoms with E-state index in [4.69, 9.17) is 11.6 Å². The first-order chi connectivity index (χ1) is 10.6.